The second kappa shape index (κ2) is 7.24. The fourth-order valence-corrected chi connectivity index (χ4v) is 4.00. The monoisotopic (exact) mass is 386 g/mol. The Kier molecular flexibility index (Phi) is 5.60. The number of ketones is 2. The molecular weight excluding hydrogens is 374 g/mol. The molecule has 0 saturated carbocycles. The van der Waals surface area contributed by atoms with Crippen molar-refractivity contribution < 1.29 is 9.59 Å². The molecule has 0 aliphatic rings. The minimum atomic E-state index is -1.53. The molecule has 0 aromatic heterocycles. The van der Waals surface area contributed by atoms with E-state index in [9.17, 15) is 9.59 Å². The normalized spacial score (nSPS) is 11.1. The third-order valence-corrected chi connectivity index (χ3v) is 6.26. The third-order valence-electron chi connectivity index (χ3n) is 2.78. The van der Waals surface area contributed by atoms with Gasteiger partial charge < -0.3 is 0 Å². The van der Waals surface area contributed by atoms with Gasteiger partial charge in [0.1, 0.15) is 0 Å². The maximum absolute atomic E-state index is 12.3. The Bertz CT molecular complexity index is 627. The van der Waals surface area contributed by atoms with Gasteiger partial charge in [-0.3, -0.25) is 0 Å². The molecule has 0 atom stereocenters. The Balaban J connectivity index is 2.01. The minimum absolute atomic E-state index is 0.0536. The van der Waals surface area contributed by atoms with Gasteiger partial charge in [-0.1, -0.05) is 0 Å². The number of benzene rings is 2. The van der Waals surface area contributed by atoms with E-state index in [-0.39, 0.29) is 16.9 Å². The first-order chi connectivity index (χ1) is 10.0. The number of hydrogen-bond acceptors (Lipinski definition) is 2. The van der Waals surface area contributed by atoms with Gasteiger partial charge in [-0.05, 0) is 0 Å². The van der Waals surface area contributed by atoms with Crippen LogP contribution in [-0.2, 0) is 0 Å². The predicted molar refractivity (Wildman–Crippen MR) is 86.5 cm³/mol. The summed E-state index contributed by atoms with van der Waals surface area (Å²) >= 11 is 11.7. The number of carbonyl (C=O) groups excluding carboxylic acids is 2. The average molecular weight is 386 g/mol. The standard InChI is InChI=1S/C16H12Cl2O2Se/c17-16(18,15(20)13-9-5-2-6-10-13)21-11-14(19)12-7-3-1-4-8-12/h1-10H,11H2. The number of carbonyl (C=O) groups is 2. The van der Waals surface area contributed by atoms with Gasteiger partial charge in [-0.15, -0.1) is 0 Å². The van der Waals surface area contributed by atoms with Gasteiger partial charge in [0, 0.05) is 0 Å². The summed E-state index contributed by atoms with van der Waals surface area (Å²) < 4.78 is -1.53. The van der Waals surface area contributed by atoms with Crippen molar-refractivity contribution >= 4 is 49.7 Å². The van der Waals surface area contributed by atoms with E-state index in [0.717, 1.165) is 0 Å². The van der Waals surface area contributed by atoms with Crippen LogP contribution in [0.15, 0.2) is 60.7 Å². The van der Waals surface area contributed by atoms with E-state index < -0.39 is 18.2 Å². The van der Waals surface area contributed by atoms with Crippen LogP contribution in [0.5, 0.6) is 0 Å². The molecule has 2 aromatic rings. The molecule has 2 rings (SSSR count). The van der Waals surface area contributed by atoms with Crippen molar-refractivity contribution in [2.24, 2.45) is 0 Å². The molecule has 0 saturated heterocycles. The molecule has 0 radical (unpaired) electrons. The van der Waals surface area contributed by atoms with Crippen molar-refractivity contribution in [1.82, 2.24) is 0 Å². The Morgan fingerprint density at radius 1 is 0.857 bits per heavy atom. The number of alkyl halides is 2. The van der Waals surface area contributed by atoms with Crippen LogP contribution < -0.4 is 0 Å². The van der Waals surface area contributed by atoms with Crippen molar-refractivity contribution in [2.45, 2.75) is 8.55 Å². The zero-order chi connectivity index (χ0) is 15.3. The summed E-state index contributed by atoms with van der Waals surface area (Å²) in [6.45, 7) is 0. The van der Waals surface area contributed by atoms with Gasteiger partial charge in [-0.2, -0.15) is 0 Å². The van der Waals surface area contributed by atoms with Gasteiger partial charge in [-0.25, -0.2) is 0 Å². The third kappa shape index (κ3) is 4.42. The van der Waals surface area contributed by atoms with E-state index in [2.05, 4.69) is 0 Å². The fourth-order valence-electron chi connectivity index (χ4n) is 1.69. The number of rotatable bonds is 6. The molecule has 0 N–H and O–H groups in total. The van der Waals surface area contributed by atoms with Crippen LogP contribution in [-0.4, -0.2) is 29.8 Å². The molecule has 0 heterocycles. The van der Waals surface area contributed by atoms with Gasteiger partial charge in [0.05, 0.1) is 0 Å². The molecule has 0 spiro atoms. The zero-order valence-electron chi connectivity index (χ0n) is 11.0. The van der Waals surface area contributed by atoms with Crippen LogP contribution in [0.1, 0.15) is 20.7 Å². The van der Waals surface area contributed by atoms with E-state index in [1.165, 1.54) is 0 Å². The summed E-state index contributed by atoms with van der Waals surface area (Å²) in [6.07, 6.45) is 0. The first-order valence-corrected chi connectivity index (χ1v) is 9.03. The SMILES string of the molecule is O=C(C[Se]C(Cl)(Cl)C(=O)c1ccccc1)c1ccccc1. The van der Waals surface area contributed by atoms with E-state index >= 15 is 0 Å². The second-order valence-electron chi connectivity index (χ2n) is 4.29. The predicted octanol–water partition coefficient (Wildman–Crippen LogP) is 4.01. The second-order valence-corrected chi connectivity index (χ2v) is 9.13. The van der Waals surface area contributed by atoms with Crippen LogP contribution in [0, 0.1) is 0 Å². The summed E-state index contributed by atoms with van der Waals surface area (Å²) in [5.74, 6) is -0.408. The van der Waals surface area contributed by atoms with Crippen LogP contribution in [0.4, 0.5) is 0 Å². The van der Waals surface area contributed by atoms with E-state index in [1.807, 2.05) is 12.1 Å². The molecule has 5 heteroatoms. The maximum atomic E-state index is 12.3. The summed E-state index contributed by atoms with van der Waals surface area (Å²) in [4.78, 5) is 24.3. The Hall–Kier alpha value is -1.12. The van der Waals surface area contributed by atoms with E-state index in [1.54, 1.807) is 48.5 Å². The van der Waals surface area contributed by atoms with Crippen LogP contribution in [0.2, 0.25) is 5.32 Å². The molecule has 21 heavy (non-hydrogen) atoms. The topological polar surface area (TPSA) is 34.1 Å². The first kappa shape index (κ1) is 16.3. The van der Waals surface area contributed by atoms with Crippen LogP contribution >= 0.6 is 23.2 Å². The molecule has 2 nitrogen and oxygen atoms in total. The summed E-state index contributed by atoms with van der Waals surface area (Å²) in [5.41, 5.74) is 1.06. The molecule has 0 fully saturated rings. The van der Waals surface area contributed by atoms with E-state index in [4.69, 9.17) is 23.2 Å². The Morgan fingerprint density at radius 3 is 1.86 bits per heavy atom. The Labute approximate surface area is 139 Å². The summed E-state index contributed by atoms with van der Waals surface area (Å²) in [5, 5.41) is 0.183. The Morgan fingerprint density at radius 2 is 1.33 bits per heavy atom. The fraction of sp³-hybridized carbons (Fsp3) is 0.125. The van der Waals surface area contributed by atoms with Crippen molar-refractivity contribution in [3.8, 4) is 0 Å². The molecule has 0 bridgehead atoms. The molecule has 108 valence electrons. The first-order valence-electron chi connectivity index (χ1n) is 6.20. The number of Topliss-reactive ketones (excluding diaryl/α,β-unsaturated/α-hetero) is 2. The van der Waals surface area contributed by atoms with Gasteiger partial charge in [0.2, 0.25) is 0 Å². The van der Waals surface area contributed by atoms with Gasteiger partial charge in [0.15, 0.2) is 0 Å². The van der Waals surface area contributed by atoms with E-state index in [0.29, 0.717) is 11.1 Å². The molecule has 0 aliphatic heterocycles. The molecular formula is C16H12Cl2O2Se. The van der Waals surface area contributed by atoms with Gasteiger partial charge in [0.25, 0.3) is 0 Å². The molecule has 0 aliphatic carbocycles. The molecule has 2 aromatic carbocycles. The van der Waals surface area contributed by atoms with Crippen LogP contribution in [0.25, 0.3) is 0 Å². The number of halogens is 2. The number of hydrogen-bond donors (Lipinski definition) is 0. The van der Waals surface area contributed by atoms with Crippen molar-refractivity contribution in [3.05, 3.63) is 71.8 Å². The van der Waals surface area contributed by atoms with Gasteiger partial charge >= 0.3 is 140 Å². The average Bonchev–Trinajstić information content (AvgIpc) is 2.53. The van der Waals surface area contributed by atoms with Crippen molar-refractivity contribution in [1.29, 1.82) is 0 Å². The summed E-state index contributed by atoms with van der Waals surface area (Å²) in [6, 6.07) is 17.5. The molecule has 0 unspecified atom stereocenters. The molecule has 0 amide bonds. The zero-order valence-corrected chi connectivity index (χ0v) is 14.2. The quantitative estimate of drug-likeness (QED) is 0.427. The van der Waals surface area contributed by atoms with Crippen molar-refractivity contribution in [3.63, 3.8) is 0 Å². The summed E-state index contributed by atoms with van der Waals surface area (Å²) in [7, 11) is 0. The van der Waals surface area contributed by atoms with Crippen molar-refractivity contribution in [2.75, 3.05) is 0 Å². The van der Waals surface area contributed by atoms with Crippen LogP contribution in [0.3, 0.4) is 0 Å².